The zero-order chi connectivity index (χ0) is 16.5. The van der Waals surface area contributed by atoms with Crippen molar-refractivity contribution in [1.82, 2.24) is 0 Å². The average molecular weight is 441 g/mol. The molecule has 2 rings (SSSR count). The highest BCUT2D eigenvalue weighted by molar-refractivity contribution is 9.10. The summed E-state index contributed by atoms with van der Waals surface area (Å²) in [4.78, 5) is 12.0. The molecule has 0 bridgehead atoms. The van der Waals surface area contributed by atoms with Crippen molar-refractivity contribution < 1.29 is 22.4 Å². The van der Waals surface area contributed by atoms with Gasteiger partial charge < -0.3 is 5.32 Å². The third-order valence-electron chi connectivity index (χ3n) is 2.71. The van der Waals surface area contributed by atoms with Gasteiger partial charge in [0.15, 0.2) is 0 Å². The van der Waals surface area contributed by atoms with Gasteiger partial charge in [-0.05, 0) is 52.3 Å². The van der Waals surface area contributed by atoms with E-state index in [1.165, 1.54) is 18.2 Å². The number of hydrogen-bond donors (Lipinski definition) is 1. The number of nitrogens with one attached hydrogen (secondary N) is 1. The topological polar surface area (TPSA) is 29.1 Å². The molecule has 0 atom stereocenters. The van der Waals surface area contributed by atoms with Gasteiger partial charge in [-0.25, -0.2) is 4.39 Å². The predicted molar refractivity (Wildman–Crippen MR) is 81.2 cm³/mol. The smallest absolute Gasteiger partial charge is 0.322 e. The minimum atomic E-state index is -4.68. The molecule has 1 N–H and O–H groups in total. The fraction of sp³-hybridized carbons (Fsp3) is 0.0714. The second kappa shape index (κ2) is 6.37. The van der Waals surface area contributed by atoms with Gasteiger partial charge in [0.25, 0.3) is 5.91 Å². The molecule has 0 aromatic heterocycles. The standard InChI is InChI=1S/C14H7Br2F4NO/c15-7-1-3-9(10(5-7)14(18,19)20)13(22)21-8-2-4-11(16)12(17)6-8/h1-6H,(H,21,22). The Bertz CT molecular complexity index is 731. The number of amides is 1. The third kappa shape index (κ3) is 3.86. The number of halogens is 6. The molecule has 0 aliphatic carbocycles. The van der Waals surface area contributed by atoms with Gasteiger partial charge in [0.05, 0.1) is 15.6 Å². The summed E-state index contributed by atoms with van der Waals surface area (Å²) < 4.78 is 52.7. The van der Waals surface area contributed by atoms with E-state index in [2.05, 4.69) is 37.2 Å². The molecule has 0 saturated carbocycles. The van der Waals surface area contributed by atoms with E-state index in [4.69, 9.17) is 0 Å². The summed E-state index contributed by atoms with van der Waals surface area (Å²) in [6, 6.07) is 6.92. The lowest BCUT2D eigenvalue weighted by atomic mass is 10.1. The highest BCUT2D eigenvalue weighted by Gasteiger charge is 2.35. The first-order valence-electron chi connectivity index (χ1n) is 5.81. The van der Waals surface area contributed by atoms with Gasteiger partial charge in [-0.3, -0.25) is 4.79 Å². The van der Waals surface area contributed by atoms with E-state index in [1.54, 1.807) is 0 Å². The number of benzene rings is 2. The van der Waals surface area contributed by atoms with Crippen molar-refractivity contribution in [2.75, 3.05) is 5.32 Å². The summed E-state index contributed by atoms with van der Waals surface area (Å²) in [5, 5.41) is 2.24. The van der Waals surface area contributed by atoms with E-state index in [-0.39, 0.29) is 14.6 Å². The number of anilines is 1. The predicted octanol–water partition coefficient (Wildman–Crippen LogP) is 5.62. The van der Waals surface area contributed by atoms with E-state index in [9.17, 15) is 22.4 Å². The summed E-state index contributed by atoms with van der Waals surface area (Å²) in [5.74, 6) is -1.61. The van der Waals surface area contributed by atoms with E-state index in [0.717, 1.165) is 18.2 Å². The SMILES string of the molecule is O=C(Nc1ccc(Br)c(F)c1)c1ccc(Br)cc1C(F)(F)F. The first-order chi connectivity index (χ1) is 10.2. The van der Waals surface area contributed by atoms with Crippen molar-refractivity contribution in [3.05, 3.63) is 62.3 Å². The molecule has 1 amide bonds. The van der Waals surface area contributed by atoms with Gasteiger partial charge in [0.1, 0.15) is 5.82 Å². The normalized spacial score (nSPS) is 11.4. The molecule has 0 heterocycles. The van der Waals surface area contributed by atoms with Crippen LogP contribution >= 0.6 is 31.9 Å². The van der Waals surface area contributed by atoms with Crippen LogP contribution in [0.4, 0.5) is 23.2 Å². The minimum Gasteiger partial charge on any atom is -0.322 e. The quantitative estimate of drug-likeness (QED) is 0.603. The lowest BCUT2D eigenvalue weighted by molar-refractivity contribution is -0.137. The molecule has 0 radical (unpaired) electrons. The molecule has 116 valence electrons. The lowest BCUT2D eigenvalue weighted by Gasteiger charge is -2.13. The summed E-state index contributed by atoms with van der Waals surface area (Å²) in [7, 11) is 0. The van der Waals surface area contributed by atoms with Crippen LogP contribution in [-0.2, 0) is 6.18 Å². The van der Waals surface area contributed by atoms with Crippen molar-refractivity contribution in [3.8, 4) is 0 Å². The molecular weight excluding hydrogens is 434 g/mol. The van der Waals surface area contributed by atoms with Crippen molar-refractivity contribution in [1.29, 1.82) is 0 Å². The van der Waals surface area contributed by atoms with Crippen molar-refractivity contribution >= 4 is 43.5 Å². The van der Waals surface area contributed by atoms with Crippen LogP contribution in [0.3, 0.4) is 0 Å². The first kappa shape index (κ1) is 17.0. The molecule has 0 spiro atoms. The molecular formula is C14H7Br2F4NO. The number of carbonyl (C=O) groups is 1. The summed E-state index contributed by atoms with van der Waals surface area (Å²) in [6.45, 7) is 0. The monoisotopic (exact) mass is 439 g/mol. The Morgan fingerprint density at radius 2 is 1.73 bits per heavy atom. The highest BCUT2D eigenvalue weighted by atomic mass is 79.9. The maximum absolute atomic E-state index is 13.4. The van der Waals surface area contributed by atoms with Crippen LogP contribution in [0.2, 0.25) is 0 Å². The number of carbonyl (C=O) groups excluding carboxylic acids is 1. The third-order valence-corrected chi connectivity index (χ3v) is 3.85. The molecule has 2 aromatic carbocycles. The second-order valence-corrected chi connectivity index (χ2v) is 6.04. The van der Waals surface area contributed by atoms with Crippen LogP contribution in [0.15, 0.2) is 45.3 Å². The summed E-state index contributed by atoms with van der Waals surface area (Å²) in [6.07, 6.45) is -4.68. The van der Waals surface area contributed by atoms with Crippen molar-refractivity contribution in [3.63, 3.8) is 0 Å². The summed E-state index contributed by atoms with van der Waals surface area (Å²) >= 11 is 5.88. The molecule has 2 aromatic rings. The largest absolute Gasteiger partial charge is 0.417 e. The van der Waals surface area contributed by atoms with Crippen LogP contribution in [0, 0.1) is 5.82 Å². The van der Waals surface area contributed by atoms with E-state index in [0.29, 0.717) is 0 Å². The van der Waals surface area contributed by atoms with Gasteiger partial charge in [0.2, 0.25) is 0 Å². The molecule has 22 heavy (non-hydrogen) atoms. The van der Waals surface area contributed by atoms with Gasteiger partial charge in [-0.15, -0.1) is 0 Å². The fourth-order valence-corrected chi connectivity index (χ4v) is 2.33. The molecule has 0 saturated heterocycles. The van der Waals surface area contributed by atoms with Crippen molar-refractivity contribution in [2.24, 2.45) is 0 Å². The molecule has 0 unspecified atom stereocenters. The van der Waals surface area contributed by atoms with Crippen LogP contribution in [-0.4, -0.2) is 5.91 Å². The van der Waals surface area contributed by atoms with Gasteiger partial charge in [-0.2, -0.15) is 13.2 Å². The van der Waals surface area contributed by atoms with Crippen LogP contribution in [0.5, 0.6) is 0 Å². The number of hydrogen-bond acceptors (Lipinski definition) is 1. The van der Waals surface area contributed by atoms with E-state index < -0.39 is 29.0 Å². The zero-order valence-electron chi connectivity index (χ0n) is 10.6. The summed E-state index contributed by atoms with van der Waals surface area (Å²) in [5.41, 5.74) is -1.56. The van der Waals surface area contributed by atoms with E-state index in [1.807, 2.05) is 0 Å². The molecule has 2 nitrogen and oxygen atoms in total. The highest BCUT2D eigenvalue weighted by Crippen LogP contribution is 2.34. The Hall–Kier alpha value is -1.41. The number of rotatable bonds is 2. The Balaban J connectivity index is 2.35. The minimum absolute atomic E-state index is 0.0572. The molecule has 0 fully saturated rings. The average Bonchev–Trinajstić information content (AvgIpc) is 2.41. The Labute approximate surface area is 139 Å². The Morgan fingerprint density at radius 1 is 1.05 bits per heavy atom. The fourth-order valence-electron chi connectivity index (χ4n) is 1.72. The van der Waals surface area contributed by atoms with Gasteiger partial charge >= 0.3 is 6.18 Å². The van der Waals surface area contributed by atoms with Crippen LogP contribution in [0.1, 0.15) is 15.9 Å². The van der Waals surface area contributed by atoms with E-state index >= 15 is 0 Å². The molecule has 8 heteroatoms. The first-order valence-corrected chi connectivity index (χ1v) is 7.40. The second-order valence-electron chi connectivity index (χ2n) is 4.27. The van der Waals surface area contributed by atoms with Crippen LogP contribution < -0.4 is 5.32 Å². The maximum Gasteiger partial charge on any atom is 0.417 e. The van der Waals surface area contributed by atoms with Crippen LogP contribution in [0.25, 0.3) is 0 Å². The maximum atomic E-state index is 13.4. The Kier molecular flexibility index (Phi) is 4.91. The molecule has 0 aliphatic heterocycles. The van der Waals surface area contributed by atoms with Gasteiger partial charge in [-0.1, -0.05) is 15.9 Å². The molecule has 0 aliphatic rings. The zero-order valence-corrected chi connectivity index (χ0v) is 13.8. The van der Waals surface area contributed by atoms with Gasteiger partial charge in [0, 0.05) is 10.2 Å². The lowest BCUT2D eigenvalue weighted by Crippen LogP contribution is -2.18. The van der Waals surface area contributed by atoms with Crippen molar-refractivity contribution in [2.45, 2.75) is 6.18 Å². The Morgan fingerprint density at radius 3 is 2.32 bits per heavy atom. The number of alkyl halides is 3.